The van der Waals surface area contributed by atoms with Crippen LogP contribution < -0.4 is 19.9 Å². The first-order valence-corrected chi connectivity index (χ1v) is 9.73. The van der Waals surface area contributed by atoms with Crippen LogP contribution in [0.15, 0.2) is 41.3 Å². The first-order valence-electron chi connectivity index (χ1n) is 8.18. The van der Waals surface area contributed by atoms with Crippen molar-refractivity contribution in [2.24, 2.45) is 5.14 Å². The molecular formula is C18H20N2O5S. The predicted molar refractivity (Wildman–Crippen MR) is 97.2 cm³/mol. The van der Waals surface area contributed by atoms with Crippen LogP contribution in [0.25, 0.3) is 0 Å². The lowest BCUT2D eigenvalue weighted by atomic mass is 10.1. The van der Waals surface area contributed by atoms with Crippen LogP contribution in [0.5, 0.6) is 11.5 Å². The highest BCUT2D eigenvalue weighted by Gasteiger charge is 2.23. The predicted octanol–water partition coefficient (Wildman–Crippen LogP) is 2.31. The Morgan fingerprint density at radius 2 is 2.00 bits per heavy atom. The normalized spacial score (nSPS) is 15.9. The van der Waals surface area contributed by atoms with Gasteiger partial charge in [-0.25, -0.2) is 13.6 Å². The van der Waals surface area contributed by atoms with E-state index in [0.717, 1.165) is 17.7 Å². The van der Waals surface area contributed by atoms with Gasteiger partial charge in [-0.05, 0) is 44.2 Å². The minimum Gasteiger partial charge on any atom is -0.492 e. The van der Waals surface area contributed by atoms with Gasteiger partial charge in [0.2, 0.25) is 10.0 Å². The van der Waals surface area contributed by atoms with Gasteiger partial charge >= 0.3 is 0 Å². The molecule has 138 valence electrons. The van der Waals surface area contributed by atoms with E-state index in [2.05, 4.69) is 5.32 Å². The van der Waals surface area contributed by atoms with Crippen LogP contribution in [0.4, 0.5) is 5.69 Å². The van der Waals surface area contributed by atoms with E-state index in [1.807, 2.05) is 19.9 Å². The minimum atomic E-state index is -3.80. The standard InChI is InChI=1S/C18H20N2O5S/c1-3-24-17-9-13-8-11(2)25-16(13)10-15(17)20-18(21)12-4-6-14(7-5-12)26(19,22)23/h4-7,9-11H,3,8H2,1-2H3,(H,20,21)(H2,19,22,23). The third-order valence-electron chi connectivity index (χ3n) is 3.99. The highest BCUT2D eigenvalue weighted by atomic mass is 32.2. The van der Waals surface area contributed by atoms with Gasteiger partial charge in [0.15, 0.2) is 0 Å². The van der Waals surface area contributed by atoms with Gasteiger partial charge in [0.25, 0.3) is 5.91 Å². The molecule has 3 rings (SSSR count). The van der Waals surface area contributed by atoms with Crippen LogP contribution in [0, 0.1) is 0 Å². The molecule has 0 saturated carbocycles. The number of ether oxygens (including phenoxy) is 2. The topological polar surface area (TPSA) is 108 Å². The molecule has 0 aromatic heterocycles. The number of carbonyl (C=O) groups excluding carboxylic acids is 1. The smallest absolute Gasteiger partial charge is 0.255 e. The fourth-order valence-corrected chi connectivity index (χ4v) is 3.32. The highest BCUT2D eigenvalue weighted by Crippen LogP contribution is 2.38. The van der Waals surface area contributed by atoms with E-state index < -0.39 is 15.9 Å². The SMILES string of the molecule is CCOc1cc2c(cc1NC(=O)c1ccc(S(N)(=O)=O)cc1)OC(C)C2. The van der Waals surface area contributed by atoms with E-state index in [9.17, 15) is 13.2 Å². The molecule has 2 aromatic rings. The molecule has 7 nitrogen and oxygen atoms in total. The summed E-state index contributed by atoms with van der Waals surface area (Å²) in [6.07, 6.45) is 0.870. The lowest BCUT2D eigenvalue weighted by molar-refractivity contribution is 0.102. The number of nitrogens with one attached hydrogen (secondary N) is 1. The molecule has 8 heteroatoms. The first kappa shape index (κ1) is 18.2. The fraction of sp³-hybridized carbons (Fsp3) is 0.278. The molecule has 2 aromatic carbocycles. The minimum absolute atomic E-state index is 0.0519. The monoisotopic (exact) mass is 376 g/mol. The molecule has 0 saturated heterocycles. The second kappa shape index (κ2) is 6.97. The average Bonchev–Trinajstić information content (AvgIpc) is 2.93. The molecule has 1 aliphatic rings. The Kier molecular flexibility index (Phi) is 4.88. The molecule has 26 heavy (non-hydrogen) atoms. The number of carbonyl (C=O) groups is 1. The van der Waals surface area contributed by atoms with E-state index in [4.69, 9.17) is 14.6 Å². The third-order valence-corrected chi connectivity index (χ3v) is 4.92. The molecule has 0 fully saturated rings. The van der Waals surface area contributed by atoms with Gasteiger partial charge in [-0.1, -0.05) is 0 Å². The Morgan fingerprint density at radius 1 is 1.31 bits per heavy atom. The van der Waals surface area contributed by atoms with Crippen LogP contribution in [-0.4, -0.2) is 27.0 Å². The van der Waals surface area contributed by atoms with Crippen molar-refractivity contribution in [3.63, 3.8) is 0 Å². The van der Waals surface area contributed by atoms with Crippen molar-refractivity contribution >= 4 is 21.6 Å². The molecule has 1 heterocycles. The quantitative estimate of drug-likeness (QED) is 0.832. The maximum Gasteiger partial charge on any atom is 0.255 e. The number of nitrogens with two attached hydrogens (primary N) is 1. The van der Waals surface area contributed by atoms with Gasteiger partial charge in [0.05, 0.1) is 17.2 Å². The van der Waals surface area contributed by atoms with E-state index in [-0.39, 0.29) is 11.0 Å². The van der Waals surface area contributed by atoms with Gasteiger partial charge in [0, 0.05) is 23.6 Å². The summed E-state index contributed by atoms with van der Waals surface area (Å²) in [4.78, 5) is 12.5. The number of primary sulfonamides is 1. The number of rotatable bonds is 5. The van der Waals surface area contributed by atoms with Gasteiger partial charge in [-0.15, -0.1) is 0 Å². The van der Waals surface area contributed by atoms with Crippen molar-refractivity contribution in [1.82, 2.24) is 0 Å². The molecule has 0 radical (unpaired) electrons. The summed E-state index contributed by atoms with van der Waals surface area (Å²) >= 11 is 0. The van der Waals surface area contributed by atoms with E-state index in [0.29, 0.717) is 23.6 Å². The number of hydrogen-bond acceptors (Lipinski definition) is 5. The summed E-state index contributed by atoms with van der Waals surface area (Å²) in [6, 6.07) is 9.02. The van der Waals surface area contributed by atoms with Gasteiger partial charge < -0.3 is 14.8 Å². The third kappa shape index (κ3) is 3.81. The van der Waals surface area contributed by atoms with Gasteiger partial charge in [-0.2, -0.15) is 0 Å². The molecule has 3 N–H and O–H groups in total. The van der Waals surface area contributed by atoms with Gasteiger partial charge in [0.1, 0.15) is 17.6 Å². The van der Waals surface area contributed by atoms with Crippen LogP contribution in [0.1, 0.15) is 29.8 Å². The van der Waals surface area contributed by atoms with E-state index >= 15 is 0 Å². The van der Waals surface area contributed by atoms with Crippen LogP contribution in [-0.2, 0) is 16.4 Å². The lowest BCUT2D eigenvalue weighted by Gasteiger charge is -2.13. The largest absolute Gasteiger partial charge is 0.492 e. The lowest BCUT2D eigenvalue weighted by Crippen LogP contribution is -2.15. The van der Waals surface area contributed by atoms with Crippen molar-refractivity contribution in [3.8, 4) is 11.5 Å². The molecular weight excluding hydrogens is 356 g/mol. The molecule has 1 unspecified atom stereocenters. The first-order chi connectivity index (χ1) is 12.3. The Balaban J connectivity index is 1.86. The second-order valence-corrected chi connectivity index (χ2v) is 7.61. The highest BCUT2D eigenvalue weighted by molar-refractivity contribution is 7.89. The number of hydrogen-bond donors (Lipinski definition) is 2. The summed E-state index contributed by atoms with van der Waals surface area (Å²) in [5.41, 5.74) is 1.84. The van der Waals surface area contributed by atoms with Crippen molar-refractivity contribution < 1.29 is 22.7 Å². The number of sulfonamides is 1. The molecule has 0 bridgehead atoms. The van der Waals surface area contributed by atoms with Crippen molar-refractivity contribution in [3.05, 3.63) is 47.5 Å². The Bertz CT molecular complexity index is 939. The second-order valence-electron chi connectivity index (χ2n) is 6.05. The molecule has 1 atom stereocenters. The molecule has 1 aliphatic heterocycles. The molecule has 0 aliphatic carbocycles. The summed E-state index contributed by atoms with van der Waals surface area (Å²) in [5, 5.41) is 7.85. The molecule has 0 spiro atoms. The fourth-order valence-electron chi connectivity index (χ4n) is 2.80. The maximum atomic E-state index is 12.5. The van der Waals surface area contributed by atoms with Crippen LogP contribution >= 0.6 is 0 Å². The van der Waals surface area contributed by atoms with Crippen LogP contribution in [0.3, 0.4) is 0 Å². The van der Waals surface area contributed by atoms with Crippen molar-refractivity contribution in [1.29, 1.82) is 0 Å². The zero-order valence-electron chi connectivity index (χ0n) is 14.5. The van der Waals surface area contributed by atoms with Crippen molar-refractivity contribution in [2.45, 2.75) is 31.3 Å². The number of amides is 1. The number of fused-ring (bicyclic) bond motifs is 1. The number of benzene rings is 2. The van der Waals surface area contributed by atoms with E-state index in [1.165, 1.54) is 24.3 Å². The summed E-state index contributed by atoms with van der Waals surface area (Å²) in [6.45, 7) is 4.30. The zero-order chi connectivity index (χ0) is 18.9. The summed E-state index contributed by atoms with van der Waals surface area (Å²) < 4.78 is 34.0. The number of anilines is 1. The Labute approximate surface area is 152 Å². The molecule has 1 amide bonds. The zero-order valence-corrected chi connectivity index (χ0v) is 15.3. The van der Waals surface area contributed by atoms with Crippen molar-refractivity contribution in [2.75, 3.05) is 11.9 Å². The van der Waals surface area contributed by atoms with Gasteiger partial charge in [-0.3, -0.25) is 4.79 Å². The summed E-state index contributed by atoms with van der Waals surface area (Å²) in [5.74, 6) is 0.900. The van der Waals surface area contributed by atoms with E-state index in [1.54, 1.807) is 6.07 Å². The summed E-state index contributed by atoms with van der Waals surface area (Å²) in [7, 11) is -3.80. The Morgan fingerprint density at radius 3 is 2.62 bits per heavy atom. The Hall–Kier alpha value is -2.58. The maximum absolute atomic E-state index is 12.5. The average molecular weight is 376 g/mol. The van der Waals surface area contributed by atoms with Crippen LogP contribution in [0.2, 0.25) is 0 Å².